The molecule has 0 aliphatic rings. The molecule has 0 saturated heterocycles. The highest BCUT2D eigenvalue weighted by Crippen LogP contribution is 2.28. The first-order valence-corrected chi connectivity index (χ1v) is 10.8. The number of carbonyl (C=O) groups excluding carboxylic acids is 2. The van der Waals surface area contributed by atoms with Crippen LogP contribution in [-0.4, -0.2) is 42.5 Å². The maximum absolute atomic E-state index is 13.0. The third-order valence-electron chi connectivity index (χ3n) is 4.47. The zero-order valence-corrected chi connectivity index (χ0v) is 19.0. The van der Waals surface area contributed by atoms with Crippen molar-refractivity contribution >= 4 is 39.3 Å². The van der Waals surface area contributed by atoms with E-state index in [1.807, 2.05) is 44.2 Å². The summed E-state index contributed by atoms with van der Waals surface area (Å²) in [6.07, 6.45) is 1.18. The van der Waals surface area contributed by atoms with Crippen molar-refractivity contribution in [1.29, 1.82) is 0 Å². The van der Waals surface area contributed by atoms with Crippen molar-refractivity contribution in [2.75, 3.05) is 19.7 Å². The van der Waals surface area contributed by atoms with Crippen LogP contribution in [0.3, 0.4) is 0 Å². The van der Waals surface area contributed by atoms with Gasteiger partial charge >= 0.3 is 0 Å². The van der Waals surface area contributed by atoms with E-state index in [-0.39, 0.29) is 18.4 Å². The van der Waals surface area contributed by atoms with Crippen molar-refractivity contribution in [2.24, 2.45) is 0 Å². The van der Waals surface area contributed by atoms with Crippen LogP contribution in [0, 0.1) is 0 Å². The van der Waals surface area contributed by atoms with E-state index in [1.165, 1.54) is 0 Å². The number of benzene rings is 2. The summed E-state index contributed by atoms with van der Waals surface area (Å²) in [7, 11) is 0. The first kappa shape index (κ1) is 23.2. The summed E-state index contributed by atoms with van der Waals surface area (Å²) in [5, 5.41) is 3.40. The number of hydrogen-bond acceptors (Lipinski definition) is 3. The number of likely N-dealkylation sites (N-methyl/N-ethyl adjacent to an activating group) is 1. The number of carbonyl (C=O) groups is 2. The molecule has 2 aromatic rings. The van der Waals surface area contributed by atoms with Gasteiger partial charge in [0.1, 0.15) is 11.8 Å². The largest absolute Gasteiger partial charge is 0.483 e. The summed E-state index contributed by atoms with van der Waals surface area (Å²) in [5.74, 6) is 0.141. The topological polar surface area (TPSA) is 58.6 Å². The Morgan fingerprint density at radius 1 is 1.17 bits per heavy atom. The maximum Gasteiger partial charge on any atom is 0.261 e. The fraction of sp³-hybridized carbons (Fsp3) is 0.364. The summed E-state index contributed by atoms with van der Waals surface area (Å²) in [6.45, 7) is 4.56. The Bertz CT molecular complexity index is 817. The molecule has 1 N–H and O–H groups in total. The van der Waals surface area contributed by atoms with Crippen molar-refractivity contribution in [3.63, 3.8) is 0 Å². The molecule has 0 heterocycles. The summed E-state index contributed by atoms with van der Waals surface area (Å²) >= 11 is 9.33. The van der Waals surface area contributed by atoms with Crippen LogP contribution in [0.1, 0.15) is 25.8 Å². The Kier molecular flexibility index (Phi) is 9.48. The van der Waals surface area contributed by atoms with E-state index in [1.54, 1.807) is 23.1 Å². The van der Waals surface area contributed by atoms with Crippen LogP contribution in [0.25, 0.3) is 0 Å². The molecule has 2 aromatic carbocycles. The van der Waals surface area contributed by atoms with Crippen LogP contribution in [0.15, 0.2) is 53.0 Å². The van der Waals surface area contributed by atoms with Gasteiger partial charge in [-0.15, -0.1) is 0 Å². The van der Waals surface area contributed by atoms with Gasteiger partial charge in [-0.05, 0) is 59.5 Å². The molecule has 156 valence electrons. The zero-order chi connectivity index (χ0) is 21.2. The molecule has 7 heteroatoms. The molecule has 0 bridgehead atoms. The van der Waals surface area contributed by atoms with Crippen LogP contribution in [0.5, 0.6) is 5.75 Å². The predicted molar refractivity (Wildman–Crippen MR) is 119 cm³/mol. The van der Waals surface area contributed by atoms with E-state index >= 15 is 0 Å². The lowest BCUT2D eigenvalue weighted by molar-refractivity contribution is -0.142. The molecule has 0 aromatic heterocycles. The van der Waals surface area contributed by atoms with Gasteiger partial charge < -0.3 is 15.0 Å². The van der Waals surface area contributed by atoms with Gasteiger partial charge in [-0.3, -0.25) is 9.59 Å². The van der Waals surface area contributed by atoms with Crippen LogP contribution < -0.4 is 10.1 Å². The Morgan fingerprint density at radius 3 is 2.52 bits per heavy atom. The van der Waals surface area contributed by atoms with E-state index < -0.39 is 6.04 Å². The maximum atomic E-state index is 13.0. The molecule has 0 spiro atoms. The number of ether oxygens (including phenoxy) is 1. The van der Waals surface area contributed by atoms with Crippen molar-refractivity contribution in [3.8, 4) is 5.75 Å². The Morgan fingerprint density at radius 2 is 1.90 bits per heavy atom. The van der Waals surface area contributed by atoms with Gasteiger partial charge in [0.2, 0.25) is 5.91 Å². The minimum Gasteiger partial charge on any atom is -0.483 e. The zero-order valence-electron chi connectivity index (χ0n) is 16.7. The number of amides is 2. The number of rotatable bonds is 10. The van der Waals surface area contributed by atoms with Gasteiger partial charge in [-0.2, -0.15) is 0 Å². The van der Waals surface area contributed by atoms with E-state index in [0.717, 1.165) is 5.56 Å². The van der Waals surface area contributed by atoms with Gasteiger partial charge in [0.15, 0.2) is 6.61 Å². The van der Waals surface area contributed by atoms with E-state index in [9.17, 15) is 9.59 Å². The molecule has 0 saturated carbocycles. The number of nitrogens with zero attached hydrogens (tertiary/aromatic N) is 1. The van der Waals surface area contributed by atoms with Gasteiger partial charge in [-0.25, -0.2) is 0 Å². The molecule has 2 rings (SSSR count). The second kappa shape index (κ2) is 11.8. The van der Waals surface area contributed by atoms with Crippen LogP contribution in [0.4, 0.5) is 0 Å². The van der Waals surface area contributed by atoms with Crippen molar-refractivity contribution in [3.05, 3.63) is 63.6 Å². The van der Waals surface area contributed by atoms with Gasteiger partial charge in [0.05, 0.1) is 4.47 Å². The second-order valence-electron chi connectivity index (χ2n) is 6.50. The first-order valence-electron chi connectivity index (χ1n) is 9.65. The lowest BCUT2D eigenvalue weighted by atomic mass is 10.1. The van der Waals surface area contributed by atoms with Gasteiger partial charge in [0, 0.05) is 18.1 Å². The predicted octanol–water partition coefficient (Wildman–Crippen LogP) is 4.47. The van der Waals surface area contributed by atoms with Crippen LogP contribution in [0.2, 0.25) is 5.02 Å². The van der Waals surface area contributed by atoms with E-state index in [4.69, 9.17) is 16.3 Å². The van der Waals surface area contributed by atoms with Crippen LogP contribution in [-0.2, 0) is 16.0 Å². The molecule has 1 atom stereocenters. The van der Waals surface area contributed by atoms with Crippen molar-refractivity contribution < 1.29 is 14.3 Å². The van der Waals surface area contributed by atoms with Gasteiger partial charge in [-0.1, -0.05) is 48.9 Å². The second-order valence-corrected chi connectivity index (χ2v) is 7.80. The number of hydrogen-bond donors (Lipinski definition) is 1. The fourth-order valence-corrected chi connectivity index (χ4v) is 3.80. The minimum absolute atomic E-state index is 0.149. The molecule has 0 aliphatic heterocycles. The highest BCUT2D eigenvalue weighted by Gasteiger charge is 2.28. The molecule has 0 radical (unpaired) electrons. The highest BCUT2D eigenvalue weighted by atomic mass is 79.9. The molecule has 0 aliphatic carbocycles. The molecule has 5 nitrogen and oxygen atoms in total. The fourth-order valence-electron chi connectivity index (χ4n) is 3.00. The molecular weight excluding hydrogens is 456 g/mol. The van der Waals surface area contributed by atoms with Crippen LogP contribution >= 0.6 is 27.5 Å². The average Bonchev–Trinajstić information content (AvgIpc) is 2.71. The normalized spacial score (nSPS) is 11.6. The van der Waals surface area contributed by atoms with E-state index in [0.29, 0.717) is 41.2 Å². The lowest BCUT2D eigenvalue weighted by Gasteiger charge is -2.30. The Balaban J connectivity index is 2.12. The highest BCUT2D eigenvalue weighted by molar-refractivity contribution is 9.10. The summed E-state index contributed by atoms with van der Waals surface area (Å²) in [4.78, 5) is 27.1. The van der Waals surface area contributed by atoms with Crippen molar-refractivity contribution in [1.82, 2.24) is 10.2 Å². The number of nitrogens with one attached hydrogen (secondary N) is 1. The minimum atomic E-state index is -0.538. The van der Waals surface area contributed by atoms with E-state index in [2.05, 4.69) is 21.2 Å². The average molecular weight is 482 g/mol. The standard InChI is InChI=1S/C22H26BrClN2O3/c1-3-19(22(28)25-4-2)26(13-12-16-8-6-5-7-9-16)21(27)15-29-20-11-10-17(24)14-18(20)23/h5-11,14,19H,3-4,12-13,15H2,1-2H3,(H,25,28). The molecule has 0 fully saturated rings. The van der Waals surface area contributed by atoms with Crippen molar-refractivity contribution in [2.45, 2.75) is 32.7 Å². The summed E-state index contributed by atoms with van der Waals surface area (Å²) < 4.78 is 6.36. The Labute approximate surface area is 185 Å². The monoisotopic (exact) mass is 480 g/mol. The molecule has 2 amide bonds. The van der Waals surface area contributed by atoms with Gasteiger partial charge in [0.25, 0.3) is 5.91 Å². The first-order chi connectivity index (χ1) is 14.0. The molecule has 29 heavy (non-hydrogen) atoms. The summed E-state index contributed by atoms with van der Waals surface area (Å²) in [5.41, 5.74) is 1.11. The SMILES string of the molecule is CCNC(=O)C(CC)N(CCc1ccccc1)C(=O)COc1ccc(Cl)cc1Br. The third kappa shape index (κ3) is 7.05. The Hall–Kier alpha value is -2.05. The number of halogens is 2. The quantitative estimate of drug-likeness (QED) is 0.545. The third-order valence-corrected chi connectivity index (χ3v) is 5.32. The summed E-state index contributed by atoms with van der Waals surface area (Å²) in [6, 6.07) is 14.5. The smallest absolute Gasteiger partial charge is 0.261 e. The molecule has 1 unspecified atom stereocenters. The lowest BCUT2D eigenvalue weighted by Crippen LogP contribution is -2.51. The molecular formula is C22H26BrClN2O3.